The Kier molecular flexibility index (Phi) is 6.09. The Morgan fingerprint density at radius 3 is 2.31 bits per heavy atom. The summed E-state index contributed by atoms with van der Waals surface area (Å²) in [5.74, 6) is 1.98. The van der Waals surface area contributed by atoms with Gasteiger partial charge in [-0.3, -0.25) is 4.79 Å². The van der Waals surface area contributed by atoms with E-state index in [1.807, 2.05) is 36.4 Å². The highest BCUT2D eigenvalue weighted by atomic mass is 16.7. The molecule has 0 saturated heterocycles. The van der Waals surface area contributed by atoms with Crippen LogP contribution in [0.25, 0.3) is 0 Å². The second-order valence-corrected chi connectivity index (χ2v) is 5.97. The van der Waals surface area contributed by atoms with Gasteiger partial charge in [-0.1, -0.05) is 18.2 Å². The number of benzene rings is 2. The smallest absolute Gasteiger partial charge is 0.188 e. The van der Waals surface area contributed by atoms with Crippen LogP contribution in [0, 0.1) is 0 Å². The molecule has 6 heteroatoms. The van der Waals surface area contributed by atoms with Crippen LogP contribution in [0.4, 0.5) is 0 Å². The summed E-state index contributed by atoms with van der Waals surface area (Å²) >= 11 is 0. The van der Waals surface area contributed by atoms with Gasteiger partial charge in [0.25, 0.3) is 0 Å². The van der Waals surface area contributed by atoms with Crippen LogP contribution in [0.3, 0.4) is 0 Å². The first-order valence-corrected chi connectivity index (χ1v) is 8.33. The third kappa shape index (κ3) is 4.15. The topological polar surface area (TPSA) is 63.2 Å². The monoisotopic (exact) mass is 358 g/mol. The van der Waals surface area contributed by atoms with E-state index in [9.17, 15) is 4.79 Å². The normalized spacial score (nSPS) is 18.5. The summed E-state index contributed by atoms with van der Waals surface area (Å²) in [4.78, 5) is 11.6. The van der Waals surface area contributed by atoms with E-state index < -0.39 is 6.10 Å². The van der Waals surface area contributed by atoms with Gasteiger partial charge >= 0.3 is 0 Å². The lowest BCUT2D eigenvalue weighted by atomic mass is 9.85. The quantitative estimate of drug-likeness (QED) is 0.534. The van der Waals surface area contributed by atoms with Gasteiger partial charge in [0.2, 0.25) is 0 Å². The number of carbonyl (C=O) groups excluding carboxylic acids is 1. The van der Waals surface area contributed by atoms with E-state index in [-0.39, 0.29) is 19.5 Å². The Hall–Kier alpha value is -2.57. The Labute approximate surface area is 152 Å². The fourth-order valence-corrected chi connectivity index (χ4v) is 2.98. The second kappa shape index (κ2) is 8.69. The molecule has 0 N–H and O–H groups in total. The van der Waals surface area contributed by atoms with Gasteiger partial charge in [0.05, 0.1) is 0 Å². The SMILES string of the molecule is COCOc1ccc(C2Cc3ccc(OCOC)cc3OC2C=O)cc1. The van der Waals surface area contributed by atoms with Crippen LogP contribution in [0.15, 0.2) is 42.5 Å². The molecule has 2 atom stereocenters. The predicted octanol–water partition coefficient (Wildman–Crippen LogP) is 2.94. The fraction of sp³-hybridized carbons (Fsp3) is 0.350. The molecule has 3 rings (SSSR count). The van der Waals surface area contributed by atoms with Crippen molar-refractivity contribution in [3.8, 4) is 17.2 Å². The Balaban J connectivity index is 1.78. The highest BCUT2D eigenvalue weighted by Crippen LogP contribution is 2.38. The van der Waals surface area contributed by atoms with E-state index in [4.69, 9.17) is 23.7 Å². The van der Waals surface area contributed by atoms with E-state index in [1.54, 1.807) is 20.3 Å². The van der Waals surface area contributed by atoms with Crippen molar-refractivity contribution in [2.24, 2.45) is 0 Å². The van der Waals surface area contributed by atoms with E-state index in [0.29, 0.717) is 17.9 Å². The van der Waals surface area contributed by atoms with Crippen molar-refractivity contribution in [2.75, 3.05) is 27.8 Å². The highest BCUT2D eigenvalue weighted by molar-refractivity contribution is 5.62. The molecule has 0 aromatic heterocycles. The van der Waals surface area contributed by atoms with Gasteiger partial charge < -0.3 is 23.7 Å². The molecular weight excluding hydrogens is 336 g/mol. The van der Waals surface area contributed by atoms with Gasteiger partial charge in [0.1, 0.15) is 17.2 Å². The molecule has 0 spiro atoms. The number of aldehydes is 1. The van der Waals surface area contributed by atoms with E-state index >= 15 is 0 Å². The molecule has 2 unspecified atom stereocenters. The number of rotatable bonds is 8. The van der Waals surface area contributed by atoms with Crippen LogP contribution >= 0.6 is 0 Å². The molecule has 1 aliphatic rings. The number of hydrogen-bond acceptors (Lipinski definition) is 6. The lowest BCUT2D eigenvalue weighted by Gasteiger charge is -2.31. The van der Waals surface area contributed by atoms with E-state index in [0.717, 1.165) is 23.2 Å². The molecular formula is C20H22O6. The number of ether oxygens (including phenoxy) is 5. The average Bonchev–Trinajstić information content (AvgIpc) is 2.70. The minimum absolute atomic E-state index is 0.0535. The summed E-state index contributed by atoms with van der Waals surface area (Å²) in [5.41, 5.74) is 2.06. The van der Waals surface area contributed by atoms with Crippen LogP contribution in [-0.2, 0) is 20.7 Å². The molecule has 1 aliphatic heterocycles. The third-order valence-corrected chi connectivity index (χ3v) is 4.27. The summed E-state index contributed by atoms with van der Waals surface area (Å²) in [7, 11) is 3.14. The van der Waals surface area contributed by atoms with E-state index in [2.05, 4.69) is 0 Å². The van der Waals surface area contributed by atoms with Crippen molar-refractivity contribution in [2.45, 2.75) is 18.4 Å². The molecule has 0 radical (unpaired) electrons. The first kappa shape index (κ1) is 18.2. The standard InChI is InChI=1S/C20H22O6/c1-22-12-24-16-6-3-14(4-7-16)18-9-15-5-8-17(25-13-23-2)10-19(15)26-20(18)11-21/h3-8,10-11,18,20H,9,12-13H2,1-2H3. The molecule has 138 valence electrons. The minimum atomic E-state index is -0.550. The predicted molar refractivity (Wildman–Crippen MR) is 94.8 cm³/mol. The zero-order chi connectivity index (χ0) is 18.4. The van der Waals surface area contributed by atoms with Gasteiger partial charge in [0.15, 0.2) is 26.0 Å². The first-order chi connectivity index (χ1) is 12.7. The Bertz CT molecular complexity index is 728. The number of fused-ring (bicyclic) bond motifs is 1. The summed E-state index contributed by atoms with van der Waals surface area (Å²) in [6.45, 7) is 0.361. The molecule has 0 amide bonds. The van der Waals surface area contributed by atoms with Gasteiger partial charge in [-0.2, -0.15) is 0 Å². The van der Waals surface area contributed by atoms with Crippen molar-refractivity contribution < 1.29 is 28.5 Å². The molecule has 0 fully saturated rings. The van der Waals surface area contributed by atoms with Gasteiger partial charge in [-0.25, -0.2) is 0 Å². The summed E-state index contributed by atoms with van der Waals surface area (Å²) in [6, 6.07) is 13.3. The Morgan fingerprint density at radius 2 is 1.65 bits per heavy atom. The summed E-state index contributed by atoms with van der Waals surface area (Å²) in [5, 5.41) is 0. The lowest BCUT2D eigenvalue weighted by molar-refractivity contribution is -0.115. The lowest BCUT2D eigenvalue weighted by Crippen LogP contribution is -2.32. The Morgan fingerprint density at radius 1 is 1.00 bits per heavy atom. The van der Waals surface area contributed by atoms with Crippen LogP contribution < -0.4 is 14.2 Å². The third-order valence-electron chi connectivity index (χ3n) is 4.27. The number of hydrogen-bond donors (Lipinski definition) is 0. The molecule has 0 saturated carbocycles. The highest BCUT2D eigenvalue weighted by Gasteiger charge is 2.31. The molecule has 0 aliphatic carbocycles. The van der Waals surface area contributed by atoms with Crippen molar-refractivity contribution in [3.05, 3.63) is 53.6 Å². The van der Waals surface area contributed by atoms with Crippen molar-refractivity contribution in [1.29, 1.82) is 0 Å². The van der Waals surface area contributed by atoms with Crippen LogP contribution in [-0.4, -0.2) is 40.2 Å². The van der Waals surface area contributed by atoms with Crippen LogP contribution in [0.2, 0.25) is 0 Å². The summed E-state index contributed by atoms with van der Waals surface area (Å²) < 4.78 is 26.6. The first-order valence-electron chi connectivity index (χ1n) is 8.33. The van der Waals surface area contributed by atoms with Crippen LogP contribution in [0.5, 0.6) is 17.2 Å². The summed E-state index contributed by atoms with van der Waals surface area (Å²) in [6.07, 6.45) is 1.01. The van der Waals surface area contributed by atoms with Crippen molar-refractivity contribution in [1.82, 2.24) is 0 Å². The zero-order valence-electron chi connectivity index (χ0n) is 14.8. The maximum atomic E-state index is 11.6. The second-order valence-electron chi connectivity index (χ2n) is 5.97. The van der Waals surface area contributed by atoms with Crippen molar-refractivity contribution in [3.63, 3.8) is 0 Å². The maximum absolute atomic E-state index is 11.6. The fourth-order valence-electron chi connectivity index (χ4n) is 2.98. The molecule has 2 aromatic rings. The zero-order valence-corrected chi connectivity index (χ0v) is 14.8. The molecule has 0 bridgehead atoms. The van der Waals surface area contributed by atoms with Gasteiger partial charge in [-0.05, 0) is 35.7 Å². The molecule has 1 heterocycles. The number of carbonyl (C=O) groups is 1. The number of methoxy groups -OCH3 is 2. The van der Waals surface area contributed by atoms with Crippen LogP contribution in [0.1, 0.15) is 17.0 Å². The molecule has 26 heavy (non-hydrogen) atoms. The largest absolute Gasteiger partial charge is 0.482 e. The minimum Gasteiger partial charge on any atom is -0.482 e. The van der Waals surface area contributed by atoms with Gasteiger partial charge in [0, 0.05) is 26.2 Å². The van der Waals surface area contributed by atoms with Gasteiger partial charge in [-0.15, -0.1) is 0 Å². The molecule has 2 aromatic carbocycles. The molecule has 6 nitrogen and oxygen atoms in total. The van der Waals surface area contributed by atoms with E-state index in [1.165, 1.54) is 0 Å². The average molecular weight is 358 g/mol. The maximum Gasteiger partial charge on any atom is 0.188 e. The van der Waals surface area contributed by atoms with Crippen molar-refractivity contribution >= 4 is 6.29 Å².